The van der Waals surface area contributed by atoms with Crippen LogP contribution in [-0.4, -0.2) is 37.8 Å². The van der Waals surface area contributed by atoms with E-state index >= 15 is 0 Å². The summed E-state index contributed by atoms with van der Waals surface area (Å²) in [7, 11) is 3.37. The minimum absolute atomic E-state index is 0. The molecule has 0 unspecified atom stereocenters. The number of nitrogens with one attached hydrogen (secondary N) is 2. The van der Waals surface area contributed by atoms with Crippen molar-refractivity contribution in [3.63, 3.8) is 0 Å². The molecule has 0 bridgehead atoms. The number of aromatic nitrogens is 1. The molecule has 2 aromatic rings. The van der Waals surface area contributed by atoms with Crippen LogP contribution in [0.2, 0.25) is 5.02 Å². The number of methoxy groups -OCH3 is 1. The van der Waals surface area contributed by atoms with Gasteiger partial charge in [0.15, 0.2) is 5.96 Å². The summed E-state index contributed by atoms with van der Waals surface area (Å²) >= 11 is 6.26. The highest BCUT2D eigenvalue weighted by Gasteiger charge is 2.03. The summed E-state index contributed by atoms with van der Waals surface area (Å²) in [6.45, 7) is 2.25. The second kappa shape index (κ2) is 13.4. The Hall–Kier alpha value is -1.74. The SMILES string of the molecule is CN=C(NCCCCn1ccccc1=O)NCCc1ccc(OC)cc1Cl.I. The second-order valence-electron chi connectivity index (χ2n) is 6.07. The molecule has 0 amide bonds. The van der Waals surface area contributed by atoms with E-state index in [2.05, 4.69) is 15.6 Å². The lowest BCUT2D eigenvalue weighted by atomic mass is 10.1. The number of hydrogen-bond donors (Lipinski definition) is 2. The Morgan fingerprint density at radius 1 is 1.18 bits per heavy atom. The summed E-state index contributed by atoms with van der Waals surface area (Å²) in [5, 5.41) is 7.28. The molecule has 0 fully saturated rings. The van der Waals surface area contributed by atoms with Gasteiger partial charge in [0.05, 0.1) is 7.11 Å². The average molecular weight is 519 g/mol. The van der Waals surface area contributed by atoms with Gasteiger partial charge in [0.25, 0.3) is 0 Å². The fourth-order valence-corrected chi connectivity index (χ4v) is 2.92. The van der Waals surface area contributed by atoms with E-state index in [1.807, 2.05) is 30.5 Å². The van der Waals surface area contributed by atoms with Crippen molar-refractivity contribution in [1.82, 2.24) is 15.2 Å². The van der Waals surface area contributed by atoms with Crippen molar-refractivity contribution in [3.8, 4) is 5.75 Å². The molecular weight excluding hydrogens is 491 g/mol. The maximum absolute atomic E-state index is 11.6. The number of ether oxygens (including phenoxy) is 1. The zero-order chi connectivity index (χ0) is 19.5. The molecule has 154 valence electrons. The van der Waals surface area contributed by atoms with Gasteiger partial charge in [-0.2, -0.15) is 0 Å². The van der Waals surface area contributed by atoms with Crippen molar-refractivity contribution in [1.29, 1.82) is 0 Å². The summed E-state index contributed by atoms with van der Waals surface area (Å²) in [5.41, 5.74) is 1.11. The predicted octanol–water partition coefficient (Wildman–Crippen LogP) is 3.32. The van der Waals surface area contributed by atoms with E-state index in [9.17, 15) is 4.79 Å². The third-order valence-electron chi connectivity index (χ3n) is 4.19. The maximum atomic E-state index is 11.6. The molecule has 0 aliphatic carbocycles. The predicted molar refractivity (Wildman–Crippen MR) is 126 cm³/mol. The number of benzene rings is 1. The zero-order valence-corrected chi connectivity index (χ0v) is 19.4. The van der Waals surface area contributed by atoms with Crippen LogP contribution in [0.15, 0.2) is 52.4 Å². The number of hydrogen-bond acceptors (Lipinski definition) is 3. The molecule has 2 N–H and O–H groups in total. The van der Waals surface area contributed by atoms with E-state index in [4.69, 9.17) is 16.3 Å². The van der Waals surface area contributed by atoms with Gasteiger partial charge in [-0.25, -0.2) is 0 Å². The smallest absolute Gasteiger partial charge is 0.250 e. The molecule has 28 heavy (non-hydrogen) atoms. The Kier molecular flexibility index (Phi) is 11.7. The van der Waals surface area contributed by atoms with Crippen molar-refractivity contribution in [2.45, 2.75) is 25.8 Å². The third-order valence-corrected chi connectivity index (χ3v) is 4.54. The molecule has 1 aromatic carbocycles. The lowest BCUT2D eigenvalue weighted by Gasteiger charge is -2.13. The summed E-state index contributed by atoms with van der Waals surface area (Å²) in [5.74, 6) is 1.52. The van der Waals surface area contributed by atoms with E-state index in [-0.39, 0.29) is 29.5 Å². The van der Waals surface area contributed by atoms with Crippen molar-refractivity contribution in [2.75, 3.05) is 27.2 Å². The Bertz CT molecular complexity index is 811. The molecule has 6 nitrogen and oxygen atoms in total. The van der Waals surface area contributed by atoms with E-state index in [0.717, 1.165) is 56.2 Å². The number of guanidine groups is 1. The Morgan fingerprint density at radius 2 is 1.96 bits per heavy atom. The van der Waals surface area contributed by atoms with Gasteiger partial charge >= 0.3 is 0 Å². The Morgan fingerprint density at radius 3 is 2.64 bits per heavy atom. The van der Waals surface area contributed by atoms with Crippen molar-refractivity contribution >= 4 is 41.5 Å². The summed E-state index contributed by atoms with van der Waals surface area (Å²) < 4.78 is 6.89. The van der Waals surface area contributed by atoms with Crippen LogP contribution in [0.1, 0.15) is 18.4 Å². The summed E-state index contributed by atoms with van der Waals surface area (Å²) in [6.07, 6.45) is 4.49. The first kappa shape index (κ1) is 24.3. The van der Waals surface area contributed by atoms with Gasteiger partial charge < -0.3 is 19.9 Å². The maximum Gasteiger partial charge on any atom is 0.250 e. The molecule has 0 saturated heterocycles. The first-order chi connectivity index (χ1) is 13.1. The Balaban J connectivity index is 0.00000392. The van der Waals surface area contributed by atoms with Gasteiger partial charge in [-0.3, -0.25) is 9.79 Å². The standard InChI is InChI=1S/C20H27ClN4O2.HI/c1-22-20(23-11-4-6-14-25-13-5-3-7-19(25)26)24-12-10-16-8-9-17(27-2)15-18(16)21;/h3,5,7-9,13,15H,4,6,10-12,14H2,1-2H3,(H2,22,23,24);1H. The van der Waals surface area contributed by atoms with Gasteiger partial charge in [-0.1, -0.05) is 23.7 Å². The van der Waals surface area contributed by atoms with E-state index in [1.54, 1.807) is 30.9 Å². The minimum atomic E-state index is 0. The number of aryl methyl sites for hydroxylation is 1. The monoisotopic (exact) mass is 518 g/mol. The van der Waals surface area contributed by atoms with Crippen LogP contribution >= 0.6 is 35.6 Å². The van der Waals surface area contributed by atoms with Crippen molar-refractivity contribution in [3.05, 3.63) is 63.5 Å². The van der Waals surface area contributed by atoms with Crippen LogP contribution in [0.4, 0.5) is 0 Å². The summed E-state index contributed by atoms with van der Waals surface area (Å²) in [4.78, 5) is 15.9. The molecule has 0 radical (unpaired) electrons. The first-order valence-electron chi connectivity index (χ1n) is 9.06. The number of nitrogens with zero attached hydrogens (tertiary/aromatic N) is 2. The fraction of sp³-hybridized carbons (Fsp3) is 0.400. The summed E-state index contributed by atoms with van der Waals surface area (Å²) in [6, 6.07) is 10.9. The quantitative estimate of drug-likeness (QED) is 0.231. The minimum Gasteiger partial charge on any atom is -0.497 e. The molecule has 1 aromatic heterocycles. The van der Waals surface area contributed by atoms with Crippen LogP contribution in [0, 0.1) is 0 Å². The largest absolute Gasteiger partial charge is 0.497 e. The highest BCUT2D eigenvalue weighted by molar-refractivity contribution is 14.0. The van der Waals surface area contributed by atoms with Gasteiger partial charge in [0.1, 0.15) is 5.75 Å². The number of halogens is 2. The molecule has 2 rings (SSSR count). The number of aliphatic imine (C=N–C) groups is 1. The molecular formula is C20H28ClIN4O2. The van der Waals surface area contributed by atoms with Crippen LogP contribution in [0.3, 0.4) is 0 Å². The lowest BCUT2D eigenvalue weighted by Crippen LogP contribution is -2.38. The fourth-order valence-electron chi connectivity index (χ4n) is 2.65. The van der Waals surface area contributed by atoms with Crippen LogP contribution in [0.25, 0.3) is 0 Å². The molecule has 0 atom stereocenters. The zero-order valence-electron chi connectivity index (χ0n) is 16.3. The third kappa shape index (κ3) is 8.10. The van der Waals surface area contributed by atoms with Crippen molar-refractivity contribution in [2.24, 2.45) is 4.99 Å². The Labute approximate surface area is 188 Å². The highest BCUT2D eigenvalue weighted by atomic mass is 127. The second-order valence-corrected chi connectivity index (χ2v) is 6.48. The molecule has 0 spiro atoms. The number of unbranched alkanes of at least 4 members (excludes halogenated alkanes) is 1. The molecule has 1 heterocycles. The molecule has 8 heteroatoms. The number of rotatable bonds is 9. The van der Waals surface area contributed by atoms with Gasteiger partial charge in [-0.15, -0.1) is 24.0 Å². The highest BCUT2D eigenvalue weighted by Crippen LogP contribution is 2.22. The normalized spacial score (nSPS) is 10.9. The van der Waals surface area contributed by atoms with Crippen LogP contribution < -0.4 is 20.9 Å². The van der Waals surface area contributed by atoms with Crippen LogP contribution in [0.5, 0.6) is 5.75 Å². The molecule has 0 aliphatic heterocycles. The molecule has 0 aliphatic rings. The lowest BCUT2D eigenvalue weighted by molar-refractivity contribution is 0.414. The van der Waals surface area contributed by atoms with E-state index in [0.29, 0.717) is 5.02 Å². The first-order valence-corrected chi connectivity index (χ1v) is 9.44. The van der Waals surface area contributed by atoms with E-state index in [1.165, 1.54) is 0 Å². The van der Waals surface area contributed by atoms with Gasteiger partial charge in [-0.05, 0) is 43.0 Å². The van der Waals surface area contributed by atoms with Gasteiger partial charge in [0.2, 0.25) is 5.56 Å². The average Bonchev–Trinajstić information content (AvgIpc) is 2.68. The van der Waals surface area contributed by atoms with E-state index < -0.39 is 0 Å². The van der Waals surface area contributed by atoms with Crippen molar-refractivity contribution < 1.29 is 4.74 Å². The van der Waals surface area contributed by atoms with Crippen LogP contribution in [-0.2, 0) is 13.0 Å². The molecule has 0 saturated carbocycles. The van der Waals surface area contributed by atoms with Gasteiger partial charge in [0, 0.05) is 44.0 Å². The number of pyridine rings is 1. The topological polar surface area (TPSA) is 67.7 Å².